The second kappa shape index (κ2) is 4.80. The SMILES string of the molecule is CC1(C)C2CCC1(C)C(OC(=O)c1c(F)cccc1Br)C2. The summed E-state index contributed by atoms with van der Waals surface area (Å²) in [7, 11) is 0. The van der Waals surface area contributed by atoms with E-state index in [2.05, 4.69) is 36.7 Å². The molecule has 2 saturated carbocycles. The van der Waals surface area contributed by atoms with Crippen LogP contribution in [-0.2, 0) is 4.74 Å². The highest BCUT2D eigenvalue weighted by molar-refractivity contribution is 9.10. The monoisotopic (exact) mass is 354 g/mol. The van der Waals surface area contributed by atoms with Crippen molar-refractivity contribution in [2.45, 2.75) is 46.1 Å². The molecule has 1 aromatic carbocycles. The van der Waals surface area contributed by atoms with Crippen molar-refractivity contribution >= 4 is 21.9 Å². The predicted molar refractivity (Wildman–Crippen MR) is 82.5 cm³/mol. The molecule has 2 aliphatic rings. The maximum Gasteiger partial charge on any atom is 0.342 e. The van der Waals surface area contributed by atoms with Crippen LogP contribution < -0.4 is 0 Å². The molecule has 0 spiro atoms. The molecule has 0 heterocycles. The summed E-state index contributed by atoms with van der Waals surface area (Å²) in [5, 5.41) is 0. The molecule has 0 amide bonds. The largest absolute Gasteiger partial charge is 0.458 e. The maximum absolute atomic E-state index is 13.9. The normalized spacial score (nSPS) is 33.2. The molecular weight excluding hydrogens is 335 g/mol. The van der Waals surface area contributed by atoms with Crippen molar-refractivity contribution < 1.29 is 13.9 Å². The Morgan fingerprint density at radius 1 is 1.38 bits per heavy atom. The number of carbonyl (C=O) groups excluding carboxylic acids is 1. The van der Waals surface area contributed by atoms with Gasteiger partial charge < -0.3 is 4.74 Å². The lowest BCUT2D eigenvalue weighted by Gasteiger charge is -2.38. The number of hydrogen-bond donors (Lipinski definition) is 0. The minimum absolute atomic E-state index is 0.00156. The van der Waals surface area contributed by atoms with E-state index in [1.807, 2.05) is 0 Å². The zero-order valence-corrected chi connectivity index (χ0v) is 14.2. The van der Waals surface area contributed by atoms with Crippen LogP contribution in [0.25, 0.3) is 0 Å². The second-order valence-corrected chi connectivity index (χ2v) is 7.96. The quantitative estimate of drug-likeness (QED) is 0.701. The van der Waals surface area contributed by atoms with E-state index >= 15 is 0 Å². The van der Waals surface area contributed by atoms with Crippen LogP contribution in [0.4, 0.5) is 4.39 Å². The Balaban J connectivity index is 1.84. The Labute approximate surface area is 133 Å². The number of fused-ring (bicyclic) bond motifs is 2. The van der Waals surface area contributed by atoms with Crippen LogP contribution in [0, 0.1) is 22.6 Å². The molecule has 2 aliphatic carbocycles. The number of esters is 1. The van der Waals surface area contributed by atoms with Gasteiger partial charge in [0.1, 0.15) is 17.5 Å². The summed E-state index contributed by atoms with van der Waals surface area (Å²) in [6, 6.07) is 4.51. The number of hydrogen-bond acceptors (Lipinski definition) is 2. The third kappa shape index (κ3) is 2.06. The van der Waals surface area contributed by atoms with E-state index < -0.39 is 11.8 Å². The first kappa shape index (κ1) is 15.0. The molecule has 4 heteroatoms. The molecular formula is C17H20BrFO2. The molecule has 21 heavy (non-hydrogen) atoms. The molecule has 114 valence electrons. The lowest BCUT2D eigenvalue weighted by atomic mass is 9.70. The smallest absolute Gasteiger partial charge is 0.342 e. The summed E-state index contributed by atoms with van der Waals surface area (Å²) in [5.41, 5.74) is 0.164. The molecule has 1 aromatic rings. The molecule has 0 radical (unpaired) electrons. The van der Waals surface area contributed by atoms with Gasteiger partial charge in [0.05, 0.1) is 0 Å². The van der Waals surface area contributed by atoms with Gasteiger partial charge in [-0.15, -0.1) is 0 Å². The molecule has 2 fully saturated rings. The Bertz CT molecular complexity index is 578. The van der Waals surface area contributed by atoms with Gasteiger partial charge in [-0.2, -0.15) is 0 Å². The molecule has 3 atom stereocenters. The maximum atomic E-state index is 13.9. The fourth-order valence-corrected chi connectivity index (χ4v) is 4.69. The third-order valence-corrected chi connectivity index (χ3v) is 6.79. The Morgan fingerprint density at radius 2 is 2.10 bits per heavy atom. The van der Waals surface area contributed by atoms with Crippen LogP contribution in [0.5, 0.6) is 0 Å². The minimum Gasteiger partial charge on any atom is -0.458 e. The van der Waals surface area contributed by atoms with Crippen molar-refractivity contribution in [2.24, 2.45) is 16.7 Å². The fourth-order valence-electron chi connectivity index (χ4n) is 4.19. The standard InChI is InChI=1S/C17H20BrFO2/c1-16(2)10-7-8-17(16,3)13(9-10)21-15(20)14-11(18)5-4-6-12(14)19/h4-6,10,13H,7-9H2,1-3H3. The fraction of sp³-hybridized carbons (Fsp3) is 0.588. The highest BCUT2D eigenvalue weighted by atomic mass is 79.9. The summed E-state index contributed by atoms with van der Waals surface area (Å²) in [6.07, 6.45) is 3.04. The zero-order chi connectivity index (χ0) is 15.4. The van der Waals surface area contributed by atoms with Gasteiger partial charge in [-0.25, -0.2) is 9.18 Å². The van der Waals surface area contributed by atoms with E-state index in [1.54, 1.807) is 12.1 Å². The van der Waals surface area contributed by atoms with E-state index in [9.17, 15) is 9.18 Å². The van der Waals surface area contributed by atoms with Crippen molar-refractivity contribution in [3.05, 3.63) is 34.1 Å². The lowest BCUT2D eigenvalue weighted by Crippen LogP contribution is -2.38. The van der Waals surface area contributed by atoms with Gasteiger partial charge in [-0.05, 0) is 58.7 Å². The lowest BCUT2D eigenvalue weighted by molar-refractivity contribution is -0.0246. The molecule has 0 saturated heterocycles. The summed E-state index contributed by atoms with van der Waals surface area (Å²) >= 11 is 3.23. The first-order chi connectivity index (χ1) is 9.77. The topological polar surface area (TPSA) is 26.3 Å². The van der Waals surface area contributed by atoms with Crippen molar-refractivity contribution in [1.82, 2.24) is 0 Å². The van der Waals surface area contributed by atoms with E-state index in [0.717, 1.165) is 12.8 Å². The molecule has 0 aliphatic heterocycles. The molecule has 2 bridgehead atoms. The number of benzene rings is 1. The van der Waals surface area contributed by atoms with Crippen LogP contribution in [0.1, 0.15) is 50.4 Å². The van der Waals surface area contributed by atoms with Crippen molar-refractivity contribution in [3.63, 3.8) is 0 Å². The van der Waals surface area contributed by atoms with Crippen molar-refractivity contribution in [2.75, 3.05) is 0 Å². The van der Waals surface area contributed by atoms with Gasteiger partial charge in [0.25, 0.3) is 0 Å². The first-order valence-electron chi connectivity index (χ1n) is 7.42. The second-order valence-electron chi connectivity index (χ2n) is 7.10. The van der Waals surface area contributed by atoms with Crippen LogP contribution in [0.15, 0.2) is 22.7 Å². The summed E-state index contributed by atoms with van der Waals surface area (Å²) < 4.78 is 20.0. The van der Waals surface area contributed by atoms with E-state index in [-0.39, 0.29) is 22.5 Å². The predicted octanol–water partition coefficient (Wildman–Crippen LogP) is 4.96. The Kier molecular flexibility index (Phi) is 3.43. The Morgan fingerprint density at radius 3 is 2.62 bits per heavy atom. The molecule has 0 aromatic heterocycles. The van der Waals surface area contributed by atoms with E-state index in [0.29, 0.717) is 10.4 Å². The van der Waals surface area contributed by atoms with Crippen LogP contribution in [0.3, 0.4) is 0 Å². The van der Waals surface area contributed by atoms with Gasteiger partial charge in [0.2, 0.25) is 0 Å². The van der Waals surface area contributed by atoms with Crippen LogP contribution in [0.2, 0.25) is 0 Å². The van der Waals surface area contributed by atoms with Gasteiger partial charge in [0, 0.05) is 9.89 Å². The average Bonchev–Trinajstić information content (AvgIpc) is 2.71. The molecule has 0 N–H and O–H groups in total. The Hall–Kier alpha value is -0.900. The first-order valence-corrected chi connectivity index (χ1v) is 8.21. The van der Waals surface area contributed by atoms with Crippen molar-refractivity contribution in [1.29, 1.82) is 0 Å². The van der Waals surface area contributed by atoms with Gasteiger partial charge >= 0.3 is 5.97 Å². The van der Waals surface area contributed by atoms with Gasteiger partial charge in [-0.1, -0.05) is 26.8 Å². The van der Waals surface area contributed by atoms with Crippen LogP contribution in [-0.4, -0.2) is 12.1 Å². The van der Waals surface area contributed by atoms with Crippen LogP contribution >= 0.6 is 15.9 Å². The van der Waals surface area contributed by atoms with Gasteiger partial charge in [-0.3, -0.25) is 0 Å². The highest BCUT2D eigenvalue weighted by Crippen LogP contribution is 2.66. The average molecular weight is 355 g/mol. The van der Waals surface area contributed by atoms with E-state index in [1.165, 1.54) is 12.5 Å². The summed E-state index contributed by atoms with van der Waals surface area (Å²) in [5.74, 6) is -0.513. The number of halogens is 2. The van der Waals surface area contributed by atoms with E-state index in [4.69, 9.17) is 4.74 Å². The van der Waals surface area contributed by atoms with Gasteiger partial charge in [0.15, 0.2) is 0 Å². The summed E-state index contributed by atoms with van der Waals surface area (Å²) in [4.78, 5) is 12.4. The minimum atomic E-state index is -0.561. The highest BCUT2D eigenvalue weighted by Gasteiger charge is 2.62. The number of rotatable bonds is 2. The number of ether oxygens (including phenoxy) is 1. The zero-order valence-electron chi connectivity index (χ0n) is 12.6. The third-order valence-electron chi connectivity index (χ3n) is 6.13. The van der Waals surface area contributed by atoms with Crippen molar-refractivity contribution in [3.8, 4) is 0 Å². The molecule has 3 unspecified atom stereocenters. The molecule has 3 rings (SSSR count). The summed E-state index contributed by atoms with van der Waals surface area (Å²) in [6.45, 7) is 6.73. The molecule has 2 nitrogen and oxygen atoms in total. The number of carbonyl (C=O) groups is 1.